The number of ether oxygens (including phenoxy) is 1. The predicted molar refractivity (Wildman–Crippen MR) is 155 cm³/mol. The molecule has 0 atom stereocenters. The predicted octanol–water partition coefficient (Wildman–Crippen LogP) is 6.37. The lowest BCUT2D eigenvalue weighted by molar-refractivity contribution is 0.249. The molecule has 3 aromatic carbocycles. The van der Waals surface area contributed by atoms with Gasteiger partial charge in [0.2, 0.25) is 5.95 Å². The highest BCUT2D eigenvalue weighted by molar-refractivity contribution is 5.77. The lowest BCUT2D eigenvalue weighted by Gasteiger charge is -2.36. The van der Waals surface area contributed by atoms with Crippen LogP contribution in [0.1, 0.15) is 12.8 Å². The Morgan fingerprint density at radius 1 is 0.878 bits per heavy atom. The van der Waals surface area contributed by atoms with Crippen LogP contribution in [0.5, 0.6) is 5.75 Å². The van der Waals surface area contributed by atoms with Crippen molar-refractivity contribution in [2.45, 2.75) is 18.9 Å². The van der Waals surface area contributed by atoms with Crippen LogP contribution in [0.25, 0.3) is 11.3 Å². The molecule has 1 fully saturated rings. The molecule has 0 spiro atoms. The first kappa shape index (κ1) is 26.9. The summed E-state index contributed by atoms with van der Waals surface area (Å²) in [4.78, 5) is 14.6. The zero-order valence-corrected chi connectivity index (χ0v) is 22.9. The van der Waals surface area contributed by atoms with Crippen LogP contribution >= 0.6 is 0 Å². The van der Waals surface area contributed by atoms with Gasteiger partial charge in [0.1, 0.15) is 18.1 Å². The third-order valence-corrected chi connectivity index (χ3v) is 7.70. The quantitative estimate of drug-likeness (QED) is 0.294. The summed E-state index contributed by atoms with van der Waals surface area (Å²) in [6.45, 7) is 2.38. The Hall–Kier alpha value is -4.31. The zero-order chi connectivity index (χ0) is 28.5. The summed E-state index contributed by atoms with van der Waals surface area (Å²) in [5, 5.41) is 2.96. The van der Waals surface area contributed by atoms with Gasteiger partial charge in [-0.1, -0.05) is 18.2 Å². The number of benzene rings is 3. The number of aromatic nitrogens is 2. The Labute approximate surface area is 237 Å². The van der Waals surface area contributed by atoms with E-state index in [1.54, 1.807) is 18.2 Å². The van der Waals surface area contributed by atoms with Gasteiger partial charge in [-0.25, -0.2) is 23.1 Å². The smallest absolute Gasteiger partial charge is 0.227 e. The number of anilines is 5. The second-order valence-corrected chi connectivity index (χ2v) is 10.5. The molecule has 2 aliphatic heterocycles. The van der Waals surface area contributed by atoms with Crippen molar-refractivity contribution in [1.82, 2.24) is 14.9 Å². The molecule has 0 bridgehead atoms. The topological polar surface area (TPSA) is 56.8 Å². The number of fused-ring (bicyclic) bond motifs is 1. The van der Waals surface area contributed by atoms with Crippen molar-refractivity contribution in [1.29, 1.82) is 0 Å². The molecule has 1 N–H and O–H groups in total. The van der Waals surface area contributed by atoms with Crippen LogP contribution in [0.2, 0.25) is 0 Å². The Balaban J connectivity index is 1.25. The fourth-order valence-electron chi connectivity index (χ4n) is 5.52. The van der Waals surface area contributed by atoms with Crippen LogP contribution in [0.4, 0.5) is 41.9 Å². The van der Waals surface area contributed by atoms with Gasteiger partial charge in [0.25, 0.3) is 0 Å². The Kier molecular flexibility index (Phi) is 7.40. The lowest BCUT2D eigenvalue weighted by atomic mass is 10.0. The van der Waals surface area contributed by atoms with Gasteiger partial charge in [-0.15, -0.1) is 0 Å². The van der Waals surface area contributed by atoms with Gasteiger partial charge in [-0.2, -0.15) is 0 Å². The zero-order valence-electron chi connectivity index (χ0n) is 22.9. The molecule has 7 nitrogen and oxygen atoms in total. The van der Waals surface area contributed by atoms with Crippen LogP contribution < -0.4 is 19.9 Å². The first-order chi connectivity index (χ1) is 19.9. The molecule has 6 rings (SSSR count). The molecule has 4 aromatic rings. The molecule has 3 heterocycles. The highest BCUT2D eigenvalue weighted by Crippen LogP contribution is 2.41. The number of hydrogen-bond donors (Lipinski definition) is 1. The van der Waals surface area contributed by atoms with Crippen molar-refractivity contribution in [3.63, 3.8) is 0 Å². The molecular weight excluding hydrogens is 529 g/mol. The van der Waals surface area contributed by atoms with E-state index in [9.17, 15) is 4.39 Å². The van der Waals surface area contributed by atoms with Crippen LogP contribution in [-0.4, -0.2) is 61.2 Å². The third-order valence-electron chi connectivity index (χ3n) is 7.70. The second-order valence-electron chi connectivity index (χ2n) is 10.5. The minimum Gasteiger partial charge on any atom is -0.486 e. The highest BCUT2D eigenvalue weighted by atomic mass is 19.1. The molecule has 2 aliphatic rings. The SMILES string of the molecule is CN(C)C1CCN(c2ccc(Nc3ncc(F)c(-c4cc(F)c5c(c4)N(c4ccccc4)CCO5)n3)cc2F)CC1. The van der Waals surface area contributed by atoms with E-state index in [0.29, 0.717) is 36.3 Å². The van der Waals surface area contributed by atoms with Crippen molar-refractivity contribution in [3.8, 4) is 17.0 Å². The molecule has 0 radical (unpaired) electrons. The molecule has 0 saturated carbocycles. The molecule has 10 heteroatoms. The van der Waals surface area contributed by atoms with Crippen LogP contribution in [-0.2, 0) is 0 Å². The lowest BCUT2D eigenvalue weighted by Crippen LogP contribution is -2.42. The average molecular weight is 561 g/mol. The molecule has 0 amide bonds. The van der Waals surface area contributed by atoms with Gasteiger partial charge < -0.3 is 24.8 Å². The van der Waals surface area contributed by atoms with Crippen LogP contribution in [0.3, 0.4) is 0 Å². The minimum absolute atomic E-state index is 0.0645. The largest absolute Gasteiger partial charge is 0.486 e. The fourth-order valence-corrected chi connectivity index (χ4v) is 5.52. The Morgan fingerprint density at radius 3 is 2.39 bits per heavy atom. The van der Waals surface area contributed by atoms with Gasteiger partial charge in [-0.05, 0) is 69.4 Å². The highest BCUT2D eigenvalue weighted by Gasteiger charge is 2.26. The molecule has 0 aliphatic carbocycles. The van der Waals surface area contributed by atoms with Gasteiger partial charge in [0.15, 0.2) is 17.4 Å². The molecule has 41 heavy (non-hydrogen) atoms. The first-order valence-electron chi connectivity index (χ1n) is 13.7. The molecule has 1 aromatic heterocycles. The van der Waals surface area contributed by atoms with Gasteiger partial charge >= 0.3 is 0 Å². The molecule has 212 valence electrons. The van der Waals surface area contributed by atoms with E-state index >= 15 is 8.78 Å². The number of rotatable bonds is 6. The summed E-state index contributed by atoms with van der Waals surface area (Å²) in [6, 6.07) is 17.8. The standard InChI is InChI=1S/C31H31F3N6O/c1-38(2)22-10-12-39(13-11-22)27-9-8-21(18-24(27)32)36-31-35-19-26(34)29(37-31)20-16-25(33)30-28(17-20)40(14-15-41-30)23-6-4-3-5-7-23/h3-9,16-19,22H,10-15H2,1-2H3,(H,35,36,37). The van der Waals surface area contributed by atoms with Crippen molar-refractivity contribution < 1.29 is 17.9 Å². The van der Waals surface area contributed by atoms with E-state index in [2.05, 4.69) is 39.2 Å². The van der Waals surface area contributed by atoms with Crippen molar-refractivity contribution in [2.75, 3.05) is 55.5 Å². The van der Waals surface area contributed by atoms with Crippen LogP contribution in [0.15, 0.2) is 66.9 Å². The average Bonchev–Trinajstić information content (AvgIpc) is 2.98. The summed E-state index contributed by atoms with van der Waals surface area (Å²) < 4.78 is 50.9. The van der Waals surface area contributed by atoms with Gasteiger partial charge in [0.05, 0.1) is 24.1 Å². The first-order valence-corrected chi connectivity index (χ1v) is 13.7. The van der Waals surface area contributed by atoms with E-state index in [-0.39, 0.29) is 28.8 Å². The van der Waals surface area contributed by atoms with Gasteiger partial charge in [-0.3, -0.25) is 0 Å². The third kappa shape index (κ3) is 5.52. The van der Waals surface area contributed by atoms with Crippen molar-refractivity contribution >= 4 is 28.7 Å². The number of nitrogens with one attached hydrogen (secondary N) is 1. The summed E-state index contributed by atoms with van der Waals surface area (Å²) in [5.41, 5.74) is 2.47. The van der Waals surface area contributed by atoms with E-state index < -0.39 is 11.6 Å². The summed E-state index contributed by atoms with van der Waals surface area (Å²) in [6.07, 6.45) is 2.96. The summed E-state index contributed by atoms with van der Waals surface area (Å²) in [5.74, 6) is -1.51. The van der Waals surface area contributed by atoms with E-state index in [1.165, 1.54) is 12.1 Å². The summed E-state index contributed by atoms with van der Waals surface area (Å²) in [7, 11) is 4.14. The van der Waals surface area contributed by atoms with Gasteiger partial charge in [0, 0.05) is 36.1 Å². The molecule has 1 saturated heterocycles. The number of piperidine rings is 1. The Morgan fingerprint density at radius 2 is 1.66 bits per heavy atom. The van der Waals surface area contributed by atoms with E-state index in [0.717, 1.165) is 37.8 Å². The minimum atomic E-state index is -0.708. The van der Waals surface area contributed by atoms with Crippen LogP contribution in [0, 0.1) is 17.5 Å². The monoisotopic (exact) mass is 560 g/mol. The second kappa shape index (κ2) is 11.3. The van der Waals surface area contributed by atoms with Crippen molar-refractivity contribution in [3.05, 3.63) is 84.3 Å². The van der Waals surface area contributed by atoms with E-state index in [1.807, 2.05) is 35.2 Å². The molecule has 0 unspecified atom stereocenters. The van der Waals surface area contributed by atoms with E-state index in [4.69, 9.17) is 4.74 Å². The number of halogens is 3. The normalized spacial score (nSPS) is 15.6. The maximum atomic E-state index is 15.2. The maximum Gasteiger partial charge on any atom is 0.227 e. The number of para-hydroxylation sites is 1. The van der Waals surface area contributed by atoms with Crippen molar-refractivity contribution in [2.24, 2.45) is 0 Å². The maximum absolute atomic E-state index is 15.2. The summed E-state index contributed by atoms with van der Waals surface area (Å²) >= 11 is 0. The Bertz CT molecular complexity index is 1540. The number of hydrogen-bond acceptors (Lipinski definition) is 7. The molecular formula is C31H31F3N6O. The number of nitrogens with zero attached hydrogens (tertiary/aromatic N) is 5. The fraction of sp³-hybridized carbons (Fsp3) is 0.290.